The number of ether oxygens (including phenoxy) is 1. The van der Waals surface area contributed by atoms with Gasteiger partial charge in [-0.25, -0.2) is 14.8 Å². The number of piperidine rings is 1. The molecule has 0 unspecified atom stereocenters. The summed E-state index contributed by atoms with van der Waals surface area (Å²) < 4.78 is 13.2. The van der Waals surface area contributed by atoms with Gasteiger partial charge in [-0.2, -0.15) is 5.10 Å². The average Bonchev–Trinajstić information content (AvgIpc) is 3.55. The van der Waals surface area contributed by atoms with Crippen LogP contribution in [0.3, 0.4) is 0 Å². The molecule has 0 bridgehead atoms. The number of pyridine rings is 1. The van der Waals surface area contributed by atoms with Crippen LogP contribution in [0.15, 0.2) is 47.7 Å². The summed E-state index contributed by atoms with van der Waals surface area (Å²) >= 11 is 0. The van der Waals surface area contributed by atoms with Crippen molar-refractivity contribution in [2.45, 2.75) is 45.3 Å². The van der Waals surface area contributed by atoms with Crippen molar-refractivity contribution in [3.8, 4) is 34.2 Å². The first-order valence-electron chi connectivity index (χ1n) is 11.6. The zero-order chi connectivity index (χ0) is 25.3. The Morgan fingerprint density at radius 2 is 1.83 bits per heavy atom. The van der Waals surface area contributed by atoms with Crippen LogP contribution in [0.1, 0.15) is 39.7 Å². The Bertz CT molecular complexity index is 1350. The third-order valence-corrected chi connectivity index (χ3v) is 5.78. The summed E-state index contributed by atoms with van der Waals surface area (Å²) in [5.74, 6) is 0.757. The number of likely N-dealkylation sites (tertiary alicyclic amines) is 1. The molecule has 5 rings (SSSR count). The molecule has 12 heteroatoms. The molecule has 4 aromatic rings. The van der Waals surface area contributed by atoms with Crippen molar-refractivity contribution in [1.29, 1.82) is 0 Å². The Kier molecular flexibility index (Phi) is 6.08. The van der Waals surface area contributed by atoms with Crippen LogP contribution in [0.25, 0.3) is 34.2 Å². The molecule has 1 aliphatic rings. The lowest BCUT2D eigenvalue weighted by molar-refractivity contribution is 0.0185. The fraction of sp³-hybridized carbons (Fsp3) is 0.375. The van der Waals surface area contributed by atoms with Crippen LogP contribution in [-0.2, 0) is 4.74 Å². The number of carbonyl (C=O) groups is 1. The zero-order valence-corrected chi connectivity index (χ0v) is 20.3. The van der Waals surface area contributed by atoms with Crippen molar-refractivity contribution in [3.63, 3.8) is 0 Å². The van der Waals surface area contributed by atoms with Crippen molar-refractivity contribution in [2.75, 3.05) is 18.8 Å². The fourth-order valence-electron chi connectivity index (χ4n) is 3.98. The summed E-state index contributed by atoms with van der Waals surface area (Å²) in [5.41, 5.74) is 8.30. The number of carbonyl (C=O) groups excluding carboxylic acids is 1. The van der Waals surface area contributed by atoms with Gasteiger partial charge >= 0.3 is 6.09 Å². The van der Waals surface area contributed by atoms with Crippen molar-refractivity contribution in [3.05, 3.63) is 43.2 Å². The van der Waals surface area contributed by atoms with Crippen molar-refractivity contribution >= 4 is 11.9 Å². The smallest absolute Gasteiger partial charge is 0.410 e. The van der Waals surface area contributed by atoms with Gasteiger partial charge in [-0.05, 0) is 39.7 Å². The van der Waals surface area contributed by atoms with Crippen LogP contribution in [-0.4, -0.2) is 64.6 Å². The summed E-state index contributed by atoms with van der Waals surface area (Å²) in [7, 11) is 0. The molecule has 0 aromatic carbocycles. The van der Waals surface area contributed by atoms with E-state index in [1.165, 1.54) is 0 Å². The van der Waals surface area contributed by atoms with Crippen LogP contribution in [0.2, 0.25) is 0 Å². The highest BCUT2D eigenvalue weighted by Crippen LogP contribution is 2.31. The predicted octanol–water partition coefficient (Wildman–Crippen LogP) is 3.61. The van der Waals surface area contributed by atoms with E-state index in [1.54, 1.807) is 35.9 Å². The molecule has 1 aliphatic heterocycles. The van der Waals surface area contributed by atoms with Crippen LogP contribution in [0.4, 0.5) is 10.6 Å². The molecule has 12 nitrogen and oxygen atoms in total. The first-order valence-corrected chi connectivity index (χ1v) is 11.6. The van der Waals surface area contributed by atoms with Gasteiger partial charge in [0.15, 0.2) is 0 Å². The van der Waals surface area contributed by atoms with Crippen LogP contribution in [0, 0.1) is 0 Å². The molecule has 0 saturated carbocycles. The Morgan fingerprint density at radius 1 is 1.06 bits per heavy atom. The predicted molar refractivity (Wildman–Crippen MR) is 130 cm³/mol. The molecular weight excluding hydrogens is 462 g/mol. The van der Waals surface area contributed by atoms with E-state index < -0.39 is 5.60 Å². The lowest BCUT2D eigenvalue weighted by Gasteiger charge is -2.33. The number of hydrogen-bond donors (Lipinski definition) is 1. The van der Waals surface area contributed by atoms with Gasteiger partial charge in [0.2, 0.25) is 0 Å². The van der Waals surface area contributed by atoms with Gasteiger partial charge in [0.1, 0.15) is 17.1 Å². The van der Waals surface area contributed by atoms with E-state index in [1.807, 2.05) is 37.7 Å². The van der Waals surface area contributed by atoms with Gasteiger partial charge in [0.25, 0.3) is 11.8 Å². The fourth-order valence-corrected chi connectivity index (χ4v) is 3.98. The van der Waals surface area contributed by atoms with Gasteiger partial charge in [-0.1, -0.05) is 0 Å². The van der Waals surface area contributed by atoms with Crippen LogP contribution in [0.5, 0.6) is 0 Å². The summed E-state index contributed by atoms with van der Waals surface area (Å²) in [6.45, 7) is 6.85. The standard InChI is InChI=1S/C24H27N9O3/c1-24(2,3)36-23(34)32-8-4-17(5-9-32)33-14-16(12-29-33)15-10-18(20(25)28-11-15)21-30-31-22(35-21)19-13-26-6-7-27-19/h6-7,10-14,17H,4-5,8-9H2,1-3H3,(H2,25,28). The number of nitrogens with zero attached hydrogens (tertiary/aromatic N) is 8. The number of aromatic nitrogens is 7. The quantitative estimate of drug-likeness (QED) is 0.450. The number of amides is 1. The number of anilines is 1. The van der Waals surface area contributed by atoms with E-state index in [-0.39, 0.29) is 29.7 Å². The van der Waals surface area contributed by atoms with E-state index in [2.05, 4.69) is 30.2 Å². The van der Waals surface area contributed by atoms with Gasteiger partial charge in [-0.15, -0.1) is 10.2 Å². The molecule has 0 aliphatic carbocycles. The second-order valence-electron chi connectivity index (χ2n) is 9.57. The van der Waals surface area contributed by atoms with Crippen LogP contribution >= 0.6 is 0 Å². The summed E-state index contributed by atoms with van der Waals surface area (Å²) in [6, 6.07) is 2.03. The maximum absolute atomic E-state index is 12.3. The molecule has 0 atom stereocenters. The lowest BCUT2D eigenvalue weighted by atomic mass is 10.1. The summed E-state index contributed by atoms with van der Waals surface area (Å²) in [4.78, 5) is 26.6. The first kappa shape index (κ1) is 23.4. The third-order valence-electron chi connectivity index (χ3n) is 5.78. The molecular formula is C24H27N9O3. The highest BCUT2D eigenvalue weighted by Gasteiger charge is 2.28. The Labute approximate surface area is 207 Å². The second kappa shape index (κ2) is 9.36. The minimum absolute atomic E-state index is 0.184. The number of nitrogen functional groups attached to an aromatic ring is 1. The number of nitrogens with two attached hydrogens (primary N) is 1. The molecule has 0 spiro atoms. The van der Waals surface area contributed by atoms with E-state index in [0.29, 0.717) is 24.3 Å². The Morgan fingerprint density at radius 3 is 2.56 bits per heavy atom. The molecule has 5 heterocycles. The molecule has 186 valence electrons. The second-order valence-corrected chi connectivity index (χ2v) is 9.57. The first-order chi connectivity index (χ1) is 17.3. The van der Waals surface area contributed by atoms with Crippen molar-refractivity contribution < 1.29 is 13.9 Å². The molecule has 0 radical (unpaired) electrons. The van der Waals surface area contributed by atoms with Gasteiger partial charge in [-0.3, -0.25) is 9.67 Å². The van der Waals surface area contributed by atoms with E-state index in [4.69, 9.17) is 14.9 Å². The highest BCUT2D eigenvalue weighted by atomic mass is 16.6. The normalized spacial score (nSPS) is 14.7. The lowest BCUT2D eigenvalue weighted by Crippen LogP contribution is -2.42. The third kappa shape index (κ3) is 5.02. The molecule has 2 N–H and O–H groups in total. The topological polar surface area (TPSA) is 151 Å². The van der Waals surface area contributed by atoms with Gasteiger partial charge in [0, 0.05) is 49.0 Å². The highest BCUT2D eigenvalue weighted by molar-refractivity contribution is 5.75. The zero-order valence-electron chi connectivity index (χ0n) is 20.3. The minimum Gasteiger partial charge on any atom is -0.444 e. The maximum Gasteiger partial charge on any atom is 0.410 e. The molecule has 36 heavy (non-hydrogen) atoms. The molecule has 1 saturated heterocycles. The van der Waals surface area contributed by atoms with E-state index in [9.17, 15) is 4.79 Å². The minimum atomic E-state index is -0.505. The van der Waals surface area contributed by atoms with E-state index >= 15 is 0 Å². The van der Waals surface area contributed by atoms with Gasteiger partial charge < -0.3 is 19.8 Å². The molecule has 1 fully saturated rings. The number of hydrogen-bond acceptors (Lipinski definition) is 10. The Balaban J connectivity index is 1.30. The number of rotatable bonds is 4. The maximum atomic E-state index is 12.3. The SMILES string of the molecule is CC(C)(C)OC(=O)N1CCC(n2cc(-c3cnc(N)c(-c4nnc(-c5cnccn5)o4)c3)cn2)CC1. The monoisotopic (exact) mass is 489 g/mol. The van der Waals surface area contributed by atoms with Crippen LogP contribution < -0.4 is 5.73 Å². The van der Waals surface area contributed by atoms with E-state index in [0.717, 1.165) is 24.0 Å². The largest absolute Gasteiger partial charge is 0.444 e. The average molecular weight is 490 g/mol. The van der Waals surface area contributed by atoms with Gasteiger partial charge in [0.05, 0.1) is 24.0 Å². The Hall–Kier alpha value is -4.35. The summed E-state index contributed by atoms with van der Waals surface area (Å²) in [6.07, 6.45) is 11.4. The molecule has 1 amide bonds. The van der Waals surface area contributed by atoms with Crippen molar-refractivity contribution in [1.82, 2.24) is 39.8 Å². The van der Waals surface area contributed by atoms with Crippen molar-refractivity contribution in [2.24, 2.45) is 0 Å². The molecule has 4 aromatic heterocycles. The summed E-state index contributed by atoms with van der Waals surface area (Å²) in [5, 5.41) is 12.7.